The lowest BCUT2D eigenvalue weighted by Gasteiger charge is -2.25. The molecule has 162 valence electrons. The van der Waals surface area contributed by atoms with E-state index < -0.39 is 0 Å². The lowest BCUT2D eigenvalue weighted by molar-refractivity contribution is 0.0281. The zero-order chi connectivity index (χ0) is 21.6. The molecule has 5 nitrogen and oxygen atoms in total. The van der Waals surface area contributed by atoms with Crippen LogP contribution >= 0.6 is 0 Å². The van der Waals surface area contributed by atoms with Crippen molar-refractivity contribution in [2.75, 3.05) is 26.3 Å². The first-order valence-corrected chi connectivity index (χ1v) is 10.2. The van der Waals surface area contributed by atoms with Gasteiger partial charge in [0.1, 0.15) is 17.4 Å². The Morgan fingerprint density at radius 1 is 0.871 bits per heavy atom. The van der Waals surface area contributed by atoms with Crippen molar-refractivity contribution in [2.45, 2.75) is 19.6 Å². The lowest BCUT2D eigenvalue weighted by Crippen LogP contribution is -2.40. The van der Waals surface area contributed by atoms with Gasteiger partial charge in [-0.15, -0.1) is 0 Å². The van der Waals surface area contributed by atoms with Crippen LogP contribution in [0.2, 0.25) is 0 Å². The highest BCUT2D eigenvalue weighted by molar-refractivity contribution is 5.91. The molecule has 0 N–H and O–H groups in total. The fourth-order valence-corrected chi connectivity index (χ4v) is 3.63. The standard InChI is InChI=1S/C24H24F2N2O3/c25-20-6-4-18(5-7-20)15-27(16-19-2-1-3-21(26)14-19)17-22-8-9-23(31-22)24(29)28-10-12-30-13-11-28/h1-9,14H,10-13,15-17H2. The van der Waals surface area contributed by atoms with E-state index in [4.69, 9.17) is 9.15 Å². The van der Waals surface area contributed by atoms with Crippen molar-refractivity contribution in [3.8, 4) is 0 Å². The van der Waals surface area contributed by atoms with Crippen molar-refractivity contribution in [3.63, 3.8) is 0 Å². The normalized spacial score (nSPS) is 14.2. The smallest absolute Gasteiger partial charge is 0.289 e. The van der Waals surface area contributed by atoms with Crippen molar-refractivity contribution in [3.05, 3.63) is 94.9 Å². The summed E-state index contributed by atoms with van der Waals surface area (Å²) >= 11 is 0. The number of carbonyl (C=O) groups excluding carboxylic acids is 1. The molecule has 0 atom stereocenters. The van der Waals surface area contributed by atoms with E-state index in [-0.39, 0.29) is 17.5 Å². The van der Waals surface area contributed by atoms with Crippen LogP contribution < -0.4 is 0 Å². The number of morpholine rings is 1. The molecule has 0 saturated carbocycles. The molecule has 1 fully saturated rings. The van der Waals surface area contributed by atoms with Crippen LogP contribution in [0.1, 0.15) is 27.4 Å². The number of furan rings is 1. The minimum absolute atomic E-state index is 0.148. The van der Waals surface area contributed by atoms with E-state index in [2.05, 4.69) is 4.90 Å². The second kappa shape index (κ2) is 9.85. The Kier molecular flexibility index (Phi) is 6.74. The molecule has 2 aromatic carbocycles. The Balaban J connectivity index is 1.49. The van der Waals surface area contributed by atoms with Crippen LogP contribution in [0, 0.1) is 11.6 Å². The topological polar surface area (TPSA) is 45.9 Å². The highest BCUT2D eigenvalue weighted by atomic mass is 19.1. The van der Waals surface area contributed by atoms with E-state index >= 15 is 0 Å². The van der Waals surface area contributed by atoms with Crippen LogP contribution in [0.5, 0.6) is 0 Å². The Hall–Kier alpha value is -3.03. The van der Waals surface area contributed by atoms with Gasteiger partial charge in [-0.25, -0.2) is 8.78 Å². The number of rotatable bonds is 7. The first-order chi connectivity index (χ1) is 15.1. The number of benzene rings is 2. The Morgan fingerprint density at radius 2 is 1.61 bits per heavy atom. The van der Waals surface area contributed by atoms with Gasteiger partial charge in [0, 0.05) is 26.2 Å². The summed E-state index contributed by atoms with van der Waals surface area (Å²) in [5, 5.41) is 0. The van der Waals surface area contributed by atoms with Gasteiger partial charge in [0.05, 0.1) is 19.8 Å². The van der Waals surface area contributed by atoms with Crippen molar-refractivity contribution in [1.29, 1.82) is 0 Å². The van der Waals surface area contributed by atoms with E-state index in [1.165, 1.54) is 24.3 Å². The molecule has 2 heterocycles. The Bertz CT molecular complexity index is 1010. The van der Waals surface area contributed by atoms with E-state index in [1.807, 2.05) is 6.07 Å². The molecule has 31 heavy (non-hydrogen) atoms. The maximum Gasteiger partial charge on any atom is 0.289 e. The molecule has 0 spiro atoms. The maximum absolute atomic E-state index is 13.7. The Labute approximate surface area is 179 Å². The number of hydrogen-bond acceptors (Lipinski definition) is 4. The first kappa shape index (κ1) is 21.2. The quantitative estimate of drug-likeness (QED) is 0.567. The molecule has 0 bridgehead atoms. The summed E-state index contributed by atoms with van der Waals surface area (Å²) < 4.78 is 38.1. The van der Waals surface area contributed by atoms with E-state index in [0.717, 1.165) is 11.1 Å². The third-order valence-corrected chi connectivity index (χ3v) is 5.16. The predicted octanol–water partition coefficient (Wildman–Crippen LogP) is 4.23. The van der Waals surface area contributed by atoms with Gasteiger partial charge in [0.25, 0.3) is 5.91 Å². The first-order valence-electron chi connectivity index (χ1n) is 10.2. The average molecular weight is 426 g/mol. The van der Waals surface area contributed by atoms with Crippen LogP contribution in [0.3, 0.4) is 0 Å². The summed E-state index contributed by atoms with van der Waals surface area (Å²) in [5.41, 5.74) is 1.74. The van der Waals surface area contributed by atoms with Crippen molar-refractivity contribution in [2.24, 2.45) is 0 Å². The highest BCUT2D eigenvalue weighted by Crippen LogP contribution is 2.18. The van der Waals surface area contributed by atoms with Crippen LogP contribution in [0.15, 0.2) is 65.1 Å². The largest absolute Gasteiger partial charge is 0.455 e. The third kappa shape index (κ3) is 5.77. The van der Waals surface area contributed by atoms with Crippen LogP contribution in [0.4, 0.5) is 8.78 Å². The van der Waals surface area contributed by atoms with E-state index in [0.29, 0.717) is 57.5 Å². The van der Waals surface area contributed by atoms with Gasteiger partial charge < -0.3 is 14.1 Å². The Morgan fingerprint density at radius 3 is 2.35 bits per heavy atom. The number of amides is 1. The fraction of sp³-hybridized carbons (Fsp3) is 0.292. The second-order valence-corrected chi connectivity index (χ2v) is 7.57. The molecule has 1 aliphatic rings. The average Bonchev–Trinajstić information content (AvgIpc) is 3.24. The van der Waals surface area contributed by atoms with Gasteiger partial charge >= 0.3 is 0 Å². The number of hydrogen-bond donors (Lipinski definition) is 0. The van der Waals surface area contributed by atoms with Crippen molar-refractivity contribution in [1.82, 2.24) is 9.80 Å². The van der Waals surface area contributed by atoms with Crippen LogP contribution in [0.25, 0.3) is 0 Å². The molecule has 3 aromatic rings. The third-order valence-electron chi connectivity index (χ3n) is 5.16. The van der Waals surface area contributed by atoms with Gasteiger partial charge in [-0.1, -0.05) is 24.3 Å². The van der Waals surface area contributed by atoms with E-state index in [1.54, 1.807) is 35.2 Å². The molecule has 0 unspecified atom stereocenters. The summed E-state index contributed by atoms with van der Waals surface area (Å²) in [6.45, 7) is 3.56. The zero-order valence-corrected chi connectivity index (χ0v) is 17.1. The van der Waals surface area contributed by atoms with Crippen LogP contribution in [-0.2, 0) is 24.4 Å². The summed E-state index contributed by atoms with van der Waals surface area (Å²) in [6.07, 6.45) is 0. The predicted molar refractivity (Wildman–Crippen MR) is 111 cm³/mol. The van der Waals surface area contributed by atoms with Crippen molar-refractivity contribution < 1.29 is 22.7 Å². The fourth-order valence-electron chi connectivity index (χ4n) is 3.63. The molecule has 7 heteroatoms. The number of carbonyl (C=O) groups is 1. The van der Waals surface area contributed by atoms with Crippen molar-refractivity contribution >= 4 is 5.91 Å². The molecule has 1 aromatic heterocycles. The molecule has 0 aliphatic carbocycles. The molecular formula is C24H24F2N2O3. The monoisotopic (exact) mass is 426 g/mol. The SMILES string of the molecule is O=C(c1ccc(CN(Cc2ccc(F)cc2)Cc2cccc(F)c2)o1)N1CCOCC1. The molecule has 1 aliphatic heterocycles. The lowest BCUT2D eigenvalue weighted by atomic mass is 10.1. The number of halogens is 2. The molecule has 1 amide bonds. The second-order valence-electron chi connectivity index (χ2n) is 7.57. The van der Waals surface area contributed by atoms with Gasteiger partial charge in [0.2, 0.25) is 0 Å². The minimum atomic E-state index is -0.296. The highest BCUT2D eigenvalue weighted by Gasteiger charge is 2.22. The number of nitrogens with zero attached hydrogens (tertiary/aromatic N) is 2. The molecule has 0 radical (unpaired) electrons. The summed E-state index contributed by atoms with van der Waals surface area (Å²) in [7, 11) is 0. The van der Waals surface area contributed by atoms with Gasteiger partial charge in [0.15, 0.2) is 5.76 Å². The molecular weight excluding hydrogens is 402 g/mol. The maximum atomic E-state index is 13.7. The minimum Gasteiger partial charge on any atom is -0.455 e. The van der Waals surface area contributed by atoms with Gasteiger partial charge in [-0.05, 0) is 47.5 Å². The van der Waals surface area contributed by atoms with Gasteiger partial charge in [-0.3, -0.25) is 9.69 Å². The van der Waals surface area contributed by atoms with E-state index in [9.17, 15) is 13.6 Å². The molecule has 4 rings (SSSR count). The summed E-state index contributed by atoms with van der Waals surface area (Å²) in [4.78, 5) is 16.4. The number of ether oxygens (including phenoxy) is 1. The summed E-state index contributed by atoms with van der Waals surface area (Å²) in [6, 6.07) is 16.2. The van der Waals surface area contributed by atoms with Gasteiger partial charge in [-0.2, -0.15) is 0 Å². The van der Waals surface area contributed by atoms with Crippen LogP contribution in [-0.4, -0.2) is 42.0 Å². The zero-order valence-electron chi connectivity index (χ0n) is 17.1. The summed E-state index contributed by atoms with van der Waals surface area (Å²) in [5.74, 6) is 0.192. The molecule has 1 saturated heterocycles.